The van der Waals surface area contributed by atoms with Crippen molar-refractivity contribution in [3.8, 4) is 0 Å². The molecule has 1 heterocycles. The maximum atomic E-state index is 11.1. The Labute approximate surface area is 154 Å². The molecule has 144 valence electrons. The van der Waals surface area contributed by atoms with E-state index in [0.717, 1.165) is 13.1 Å². The summed E-state index contributed by atoms with van der Waals surface area (Å²) in [6, 6.07) is 0. The number of aliphatic imine (C=N–C) groups is 1. The van der Waals surface area contributed by atoms with E-state index in [0.29, 0.717) is 5.70 Å². The van der Waals surface area contributed by atoms with Gasteiger partial charge in [-0.25, -0.2) is 0 Å². The van der Waals surface area contributed by atoms with Crippen LogP contribution in [0.2, 0.25) is 0 Å². The predicted molar refractivity (Wildman–Crippen MR) is 108 cm³/mol. The van der Waals surface area contributed by atoms with Gasteiger partial charge in [0.05, 0.1) is 6.54 Å². The molecule has 1 aliphatic heterocycles. The number of amides is 1. The van der Waals surface area contributed by atoms with E-state index in [2.05, 4.69) is 16.8 Å². The Hall–Kier alpha value is -1.32. The molecule has 0 bridgehead atoms. The maximum absolute atomic E-state index is 11.1. The Morgan fingerprint density at radius 3 is 1.88 bits per heavy atom. The standard InChI is InChI=1S/C21H39N3O/c1-2-3-4-5-6-7-8-9-10-11-12-13-14-15-17-24-18-16-23-20(19-24)21(22)25/h16,19H,2-15,17-18H2,1H3,(H2,22,25). The highest BCUT2D eigenvalue weighted by atomic mass is 16.1. The molecule has 0 atom stereocenters. The molecule has 0 saturated carbocycles. The second kappa shape index (κ2) is 15.0. The smallest absolute Gasteiger partial charge is 0.268 e. The Morgan fingerprint density at radius 1 is 0.920 bits per heavy atom. The minimum atomic E-state index is -0.443. The monoisotopic (exact) mass is 349 g/mol. The van der Waals surface area contributed by atoms with E-state index in [1.807, 2.05) is 0 Å². The van der Waals surface area contributed by atoms with Crippen LogP contribution in [0.5, 0.6) is 0 Å². The average molecular weight is 350 g/mol. The molecular weight excluding hydrogens is 310 g/mol. The van der Waals surface area contributed by atoms with Crippen LogP contribution in [0.1, 0.15) is 96.8 Å². The van der Waals surface area contributed by atoms with E-state index in [9.17, 15) is 4.79 Å². The van der Waals surface area contributed by atoms with Gasteiger partial charge in [-0.15, -0.1) is 0 Å². The lowest BCUT2D eigenvalue weighted by Crippen LogP contribution is -2.27. The van der Waals surface area contributed by atoms with Crippen LogP contribution in [-0.2, 0) is 4.79 Å². The molecule has 0 aliphatic carbocycles. The quantitative estimate of drug-likeness (QED) is 0.390. The van der Waals surface area contributed by atoms with Gasteiger partial charge in [0.25, 0.3) is 5.91 Å². The summed E-state index contributed by atoms with van der Waals surface area (Å²) >= 11 is 0. The molecule has 0 aromatic carbocycles. The molecule has 2 N–H and O–H groups in total. The van der Waals surface area contributed by atoms with Crippen molar-refractivity contribution in [1.82, 2.24) is 4.90 Å². The third kappa shape index (κ3) is 11.8. The van der Waals surface area contributed by atoms with Gasteiger partial charge in [-0.3, -0.25) is 9.79 Å². The Balaban J connectivity index is 1.83. The van der Waals surface area contributed by atoms with Crippen molar-refractivity contribution in [2.75, 3.05) is 13.1 Å². The minimum Gasteiger partial charge on any atom is -0.370 e. The molecule has 25 heavy (non-hydrogen) atoms. The zero-order valence-corrected chi connectivity index (χ0v) is 16.3. The number of rotatable bonds is 16. The fourth-order valence-electron chi connectivity index (χ4n) is 3.30. The highest BCUT2D eigenvalue weighted by Crippen LogP contribution is 2.13. The molecule has 0 aromatic heterocycles. The van der Waals surface area contributed by atoms with Crippen LogP contribution in [0, 0.1) is 0 Å². The van der Waals surface area contributed by atoms with Gasteiger partial charge in [0.1, 0.15) is 5.70 Å². The predicted octanol–water partition coefficient (Wildman–Crippen LogP) is 5.18. The number of hydrogen-bond acceptors (Lipinski definition) is 3. The van der Waals surface area contributed by atoms with Gasteiger partial charge in [-0.05, 0) is 6.42 Å². The second-order valence-corrected chi connectivity index (χ2v) is 7.28. The third-order valence-corrected chi connectivity index (χ3v) is 4.90. The summed E-state index contributed by atoms with van der Waals surface area (Å²) in [5.41, 5.74) is 5.63. The first-order valence-electron chi connectivity index (χ1n) is 10.5. The molecule has 0 radical (unpaired) electrons. The van der Waals surface area contributed by atoms with E-state index in [4.69, 9.17) is 5.73 Å². The van der Waals surface area contributed by atoms with Crippen molar-refractivity contribution in [2.24, 2.45) is 10.7 Å². The SMILES string of the molecule is CCCCCCCCCCCCCCCCN1C=C(C(N)=O)N=CC1. The van der Waals surface area contributed by atoms with Crippen LogP contribution < -0.4 is 5.73 Å². The largest absolute Gasteiger partial charge is 0.370 e. The summed E-state index contributed by atoms with van der Waals surface area (Å²) in [5, 5.41) is 0. The summed E-state index contributed by atoms with van der Waals surface area (Å²) in [4.78, 5) is 17.3. The van der Waals surface area contributed by atoms with Crippen LogP contribution in [0.25, 0.3) is 0 Å². The lowest BCUT2D eigenvalue weighted by atomic mass is 10.0. The van der Waals surface area contributed by atoms with E-state index >= 15 is 0 Å². The number of nitrogens with two attached hydrogens (primary N) is 1. The lowest BCUT2D eigenvalue weighted by Gasteiger charge is -2.21. The van der Waals surface area contributed by atoms with Crippen LogP contribution >= 0.6 is 0 Å². The van der Waals surface area contributed by atoms with Crippen LogP contribution in [0.3, 0.4) is 0 Å². The first-order valence-corrected chi connectivity index (χ1v) is 10.5. The summed E-state index contributed by atoms with van der Waals surface area (Å²) in [5.74, 6) is -0.443. The van der Waals surface area contributed by atoms with Gasteiger partial charge in [0.15, 0.2) is 0 Å². The van der Waals surface area contributed by atoms with Gasteiger partial charge < -0.3 is 10.6 Å². The second-order valence-electron chi connectivity index (χ2n) is 7.28. The molecule has 1 rings (SSSR count). The van der Waals surface area contributed by atoms with Crippen molar-refractivity contribution >= 4 is 12.1 Å². The van der Waals surface area contributed by atoms with Crippen LogP contribution in [0.4, 0.5) is 0 Å². The summed E-state index contributed by atoms with van der Waals surface area (Å²) in [6.07, 6.45) is 22.8. The van der Waals surface area contributed by atoms with Gasteiger partial charge in [-0.1, -0.05) is 90.4 Å². The molecule has 0 saturated heterocycles. The fraction of sp³-hybridized carbons (Fsp3) is 0.810. The maximum Gasteiger partial charge on any atom is 0.268 e. The molecule has 0 fully saturated rings. The normalized spacial score (nSPS) is 14.0. The summed E-state index contributed by atoms with van der Waals surface area (Å²) in [6.45, 7) is 4.05. The van der Waals surface area contributed by atoms with Crippen LogP contribution in [0.15, 0.2) is 16.9 Å². The Kier molecular flexibility index (Phi) is 13.0. The molecule has 4 nitrogen and oxygen atoms in total. The van der Waals surface area contributed by atoms with Gasteiger partial charge in [0, 0.05) is 19.0 Å². The fourth-order valence-corrected chi connectivity index (χ4v) is 3.30. The van der Waals surface area contributed by atoms with E-state index in [-0.39, 0.29) is 0 Å². The topological polar surface area (TPSA) is 58.7 Å². The number of nitrogens with zero attached hydrogens (tertiary/aromatic N) is 2. The third-order valence-electron chi connectivity index (χ3n) is 4.90. The van der Waals surface area contributed by atoms with Crippen molar-refractivity contribution in [3.05, 3.63) is 11.9 Å². The Bertz CT molecular complexity index is 404. The number of carbonyl (C=O) groups is 1. The van der Waals surface area contributed by atoms with Gasteiger partial charge in [-0.2, -0.15) is 0 Å². The summed E-state index contributed by atoms with van der Waals surface area (Å²) < 4.78 is 0. The molecule has 1 aliphatic rings. The van der Waals surface area contributed by atoms with E-state index in [1.54, 1.807) is 12.4 Å². The lowest BCUT2D eigenvalue weighted by molar-refractivity contribution is -0.114. The van der Waals surface area contributed by atoms with Crippen LogP contribution in [-0.4, -0.2) is 30.1 Å². The molecule has 0 unspecified atom stereocenters. The highest BCUT2D eigenvalue weighted by molar-refractivity contribution is 5.93. The zero-order valence-electron chi connectivity index (χ0n) is 16.3. The minimum absolute atomic E-state index is 0.372. The number of unbranched alkanes of at least 4 members (excludes halogenated alkanes) is 13. The Morgan fingerprint density at radius 2 is 1.40 bits per heavy atom. The van der Waals surface area contributed by atoms with E-state index in [1.165, 1.54) is 89.9 Å². The molecule has 0 spiro atoms. The van der Waals surface area contributed by atoms with E-state index < -0.39 is 5.91 Å². The van der Waals surface area contributed by atoms with Crippen molar-refractivity contribution < 1.29 is 4.79 Å². The summed E-state index contributed by atoms with van der Waals surface area (Å²) in [7, 11) is 0. The van der Waals surface area contributed by atoms with Crippen molar-refractivity contribution in [2.45, 2.75) is 96.8 Å². The number of hydrogen-bond donors (Lipinski definition) is 1. The van der Waals surface area contributed by atoms with Crippen molar-refractivity contribution in [3.63, 3.8) is 0 Å². The number of carbonyl (C=O) groups excluding carboxylic acids is 1. The van der Waals surface area contributed by atoms with Crippen molar-refractivity contribution in [1.29, 1.82) is 0 Å². The molecule has 4 heteroatoms. The number of primary amides is 1. The average Bonchev–Trinajstić information content (AvgIpc) is 2.62. The first-order chi connectivity index (χ1) is 12.2. The molecular formula is C21H39N3O. The molecule has 0 aromatic rings. The zero-order chi connectivity index (χ0) is 18.2. The molecule has 1 amide bonds. The highest BCUT2D eigenvalue weighted by Gasteiger charge is 2.09. The van der Waals surface area contributed by atoms with Gasteiger partial charge >= 0.3 is 0 Å². The first kappa shape index (κ1) is 21.7. The van der Waals surface area contributed by atoms with Gasteiger partial charge in [0.2, 0.25) is 0 Å².